The summed E-state index contributed by atoms with van der Waals surface area (Å²) in [7, 11) is 0. The third-order valence-corrected chi connectivity index (χ3v) is 2.76. The van der Waals surface area contributed by atoms with Gasteiger partial charge in [0.1, 0.15) is 0 Å². The lowest BCUT2D eigenvalue weighted by molar-refractivity contribution is -0.121. The highest BCUT2D eigenvalue weighted by Gasteiger charge is 2.21. The maximum atomic E-state index is 10.9. The summed E-state index contributed by atoms with van der Waals surface area (Å²) in [5.74, 6) is 1.23. The van der Waals surface area contributed by atoms with Crippen LogP contribution in [0.3, 0.4) is 0 Å². The molecule has 0 saturated carbocycles. The molecule has 52 valence electrons. The zero-order chi connectivity index (χ0) is 6.85. The second-order valence-electron chi connectivity index (χ2n) is 2.39. The molecule has 0 aromatic carbocycles. The van der Waals surface area contributed by atoms with Gasteiger partial charge in [0.2, 0.25) is 5.91 Å². The van der Waals surface area contributed by atoms with Crippen LogP contribution in [0, 0.1) is 0 Å². The van der Waals surface area contributed by atoms with Crippen LogP contribution < -0.4 is 5.32 Å². The summed E-state index contributed by atoms with van der Waals surface area (Å²) >= 11 is 1.72. The van der Waals surface area contributed by atoms with Crippen LogP contribution in [0.25, 0.3) is 0 Å². The average Bonchev–Trinajstić information content (AvgIpc) is 1.80. The quantitative estimate of drug-likeness (QED) is 0.541. The van der Waals surface area contributed by atoms with Gasteiger partial charge in [-0.3, -0.25) is 4.79 Å². The molecular formula is C6H11NOS. The number of nitrogens with one attached hydrogen (secondary N) is 1. The lowest BCUT2D eigenvalue weighted by Gasteiger charge is -2.23. The predicted octanol–water partition coefficient (Wildman–Crippen LogP) is 0.626. The summed E-state index contributed by atoms with van der Waals surface area (Å²) in [5, 5.41) is 3.02. The van der Waals surface area contributed by atoms with Crippen molar-refractivity contribution in [1.82, 2.24) is 5.32 Å². The number of amides is 1. The molecule has 3 heteroatoms. The van der Waals surface area contributed by atoms with E-state index in [1.165, 1.54) is 0 Å². The first-order chi connectivity index (χ1) is 4.20. The second-order valence-corrected chi connectivity index (χ2v) is 3.76. The van der Waals surface area contributed by atoms with Crippen LogP contribution in [0.4, 0.5) is 0 Å². The van der Waals surface area contributed by atoms with Gasteiger partial charge in [-0.15, -0.1) is 11.8 Å². The van der Waals surface area contributed by atoms with E-state index in [0.717, 1.165) is 5.75 Å². The molecule has 1 heterocycles. The van der Waals surface area contributed by atoms with Gasteiger partial charge in [-0.2, -0.15) is 0 Å². The lowest BCUT2D eigenvalue weighted by Crippen LogP contribution is -2.43. The number of carbonyl (C=O) groups is 1. The summed E-state index contributed by atoms with van der Waals surface area (Å²) in [5.41, 5.74) is 0. The predicted molar refractivity (Wildman–Crippen MR) is 39.5 cm³/mol. The van der Waals surface area contributed by atoms with Crippen molar-refractivity contribution in [2.24, 2.45) is 0 Å². The Balaban J connectivity index is 2.44. The average molecular weight is 145 g/mol. The number of hydrogen-bond acceptors (Lipinski definition) is 2. The zero-order valence-corrected chi connectivity index (χ0v) is 6.49. The minimum Gasteiger partial charge on any atom is -0.352 e. The topological polar surface area (TPSA) is 29.1 Å². The Morgan fingerprint density at radius 2 is 2.33 bits per heavy atom. The Morgan fingerprint density at radius 3 is 2.78 bits per heavy atom. The van der Waals surface area contributed by atoms with Crippen LogP contribution in [-0.4, -0.2) is 23.0 Å². The van der Waals surface area contributed by atoms with Gasteiger partial charge < -0.3 is 5.32 Å². The maximum Gasteiger partial charge on any atom is 0.233 e. The number of carbonyl (C=O) groups excluding carboxylic acids is 1. The van der Waals surface area contributed by atoms with E-state index in [1.807, 2.05) is 13.8 Å². The van der Waals surface area contributed by atoms with Gasteiger partial charge in [0.15, 0.2) is 0 Å². The fourth-order valence-electron chi connectivity index (χ4n) is 0.766. The number of thioether (sulfide) groups is 1. The Hall–Kier alpha value is -0.180. The number of rotatable bonds is 0. The van der Waals surface area contributed by atoms with E-state index in [2.05, 4.69) is 5.32 Å². The molecule has 0 bridgehead atoms. The molecule has 9 heavy (non-hydrogen) atoms. The van der Waals surface area contributed by atoms with E-state index in [4.69, 9.17) is 0 Å². The molecule has 1 amide bonds. The van der Waals surface area contributed by atoms with E-state index in [9.17, 15) is 4.79 Å². The largest absolute Gasteiger partial charge is 0.352 e. The van der Waals surface area contributed by atoms with Crippen molar-refractivity contribution in [1.29, 1.82) is 0 Å². The van der Waals surface area contributed by atoms with Crippen molar-refractivity contribution in [3.8, 4) is 0 Å². The van der Waals surface area contributed by atoms with Crippen molar-refractivity contribution >= 4 is 17.7 Å². The molecule has 0 aromatic heterocycles. The fourth-order valence-corrected chi connectivity index (χ4v) is 1.65. The molecule has 0 aromatic rings. The third kappa shape index (κ3) is 1.61. The summed E-state index contributed by atoms with van der Waals surface area (Å²) in [6.45, 7) is 3.96. The van der Waals surface area contributed by atoms with Gasteiger partial charge in [0.25, 0.3) is 0 Å². The Kier molecular flexibility index (Phi) is 2.01. The monoisotopic (exact) mass is 145 g/mol. The van der Waals surface area contributed by atoms with Crippen LogP contribution in [0.5, 0.6) is 0 Å². The Bertz CT molecular complexity index is 126. The van der Waals surface area contributed by atoms with Crippen LogP contribution in [0.15, 0.2) is 0 Å². The highest BCUT2D eigenvalue weighted by molar-refractivity contribution is 8.00. The minimum absolute atomic E-state index is 0.154. The fraction of sp³-hybridized carbons (Fsp3) is 0.833. The van der Waals surface area contributed by atoms with E-state index < -0.39 is 0 Å². The number of hydrogen-bond donors (Lipinski definition) is 1. The molecule has 0 spiro atoms. The summed E-state index contributed by atoms with van der Waals surface area (Å²) < 4.78 is 0. The van der Waals surface area contributed by atoms with E-state index in [0.29, 0.717) is 6.04 Å². The molecule has 1 fully saturated rings. The first kappa shape index (κ1) is 6.93. The van der Waals surface area contributed by atoms with Crippen molar-refractivity contribution < 1.29 is 4.79 Å². The van der Waals surface area contributed by atoms with Crippen LogP contribution in [0.1, 0.15) is 13.8 Å². The molecule has 0 aliphatic carbocycles. The molecule has 0 unspecified atom stereocenters. The molecule has 0 radical (unpaired) electrons. The SMILES string of the molecule is C[C@@H]1SC[C@H](C)NC1=O. The highest BCUT2D eigenvalue weighted by Crippen LogP contribution is 2.16. The van der Waals surface area contributed by atoms with Crippen LogP contribution >= 0.6 is 11.8 Å². The van der Waals surface area contributed by atoms with Crippen LogP contribution in [0.2, 0.25) is 0 Å². The Morgan fingerprint density at radius 1 is 1.67 bits per heavy atom. The first-order valence-electron chi connectivity index (χ1n) is 3.12. The standard InChI is InChI=1S/C6H11NOS/c1-4-3-9-5(2)6(8)7-4/h4-5H,3H2,1-2H3,(H,7,8)/t4-,5-/m0/s1. The summed E-state index contributed by atoms with van der Waals surface area (Å²) in [4.78, 5) is 10.9. The molecule has 1 saturated heterocycles. The van der Waals surface area contributed by atoms with E-state index in [-0.39, 0.29) is 11.2 Å². The maximum absolute atomic E-state index is 10.9. The first-order valence-corrected chi connectivity index (χ1v) is 4.17. The summed E-state index contributed by atoms with van der Waals surface area (Å²) in [6, 6.07) is 0.360. The minimum atomic E-state index is 0.154. The van der Waals surface area contributed by atoms with Crippen molar-refractivity contribution in [2.75, 3.05) is 5.75 Å². The van der Waals surface area contributed by atoms with Crippen molar-refractivity contribution in [3.05, 3.63) is 0 Å². The van der Waals surface area contributed by atoms with Crippen molar-refractivity contribution in [2.45, 2.75) is 25.1 Å². The van der Waals surface area contributed by atoms with Crippen molar-refractivity contribution in [3.63, 3.8) is 0 Å². The molecular weight excluding hydrogens is 134 g/mol. The molecule has 1 aliphatic rings. The van der Waals surface area contributed by atoms with Gasteiger partial charge in [-0.25, -0.2) is 0 Å². The molecule has 1 aliphatic heterocycles. The molecule has 2 nitrogen and oxygen atoms in total. The molecule has 2 atom stereocenters. The van der Waals surface area contributed by atoms with E-state index >= 15 is 0 Å². The van der Waals surface area contributed by atoms with Gasteiger partial charge in [0, 0.05) is 11.8 Å². The smallest absolute Gasteiger partial charge is 0.233 e. The van der Waals surface area contributed by atoms with Gasteiger partial charge in [-0.1, -0.05) is 0 Å². The summed E-state index contributed by atoms with van der Waals surface area (Å²) in [6.07, 6.45) is 0. The van der Waals surface area contributed by atoms with Gasteiger partial charge >= 0.3 is 0 Å². The third-order valence-electron chi connectivity index (χ3n) is 1.35. The van der Waals surface area contributed by atoms with Crippen LogP contribution in [-0.2, 0) is 4.79 Å². The highest BCUT2D eigenvalue weighted by atomic mass is 32.2. The molecule has 1 rings (SSSR count). The molecule has 1 N–H and O–H groups in total. The lowest BCUT2D eigenvalue weighted by atomic mass is 10.3. The Labute approximate surface area is 59.4 Å². The normalized spacial score (nSPS) is 36.0. The second kappa shape index (κ2) is 2.60. The van der Waals surface area contributed by atoms with E-state index in [1.54, 1.807) is 11.8 Å². The zero-order valence-electron chi connectivity index (χ0n) is 5.68. The van der Waals surface area contributed by atoms with Gasteiger partial charge in [0.05, 0.1) is 5.25 Å². The van der Waals surface area contributed by atoms with Gasteiger partial charge in [-0.05, 0) is 13.8 Å².